The van der Waals surface area contributed by atoms with E-state index in [1.54, 1.807) is 19.1 Å². The van der Waals surface area contributed by atoms with Crippen molar-refractivity contribution in [2.75, 3.05) is 6.61 Å². The first-order valence-corrected chi connectivity index (χ1v) is 7.14. The van der Waals surface area contributed by atoms with Crippen LogP contribution in [0.5, 0.6) is 0 Å². The molecule has 1 aromatic carbocycles. The number of carbonyl (C=O) groups is 2. The van der Waals surface area contributed by atoms with Crippen molar-refractivity contribution in [3.63, 3.8) is 0 Å². The van der Waals surface area contributed by atoms with Crippen molar-refractivity contribution in [3.8, 4) is 0 Å². The molecule has 0 saturated heterocycles. The molecule has 1 N–H and O–H groups in total. The number of aliphatic carboxylic acids is 1. The molecule has 0 fully saturated rings. The minimum Gasteiger partial charge on any atom is -0.478 e. The molecule has 1 rings (SSSR count). The average molecular weight is 302 g/mol. The first-order chi connectivity index (χ1) is 10.2. The van der Waals surface area contributed by atoms with E-state index in [0.717, 1.165) is 11.1 Å². The molecule has 0 amide bonds. The van der Waals surface area contributed by atoms with Gasteiger partial charge in [-0.05, 0) is 41.7 Å². The molecule has 4 nitrogen and oxygen atoms in total. The number of esters is 1. The minimum atomic E-state index is -0.931. The van der Waals surface area contributed by atoms with Gasteiger partial charge < -0.3 is 9.84 Å². The van der Waals surface area contributed by atoms with Gasteiger partial charge in [0.25, 0.3) is 0 Å². The maximum Gasteiger partial charge on any atom is 0.332 e. The Morgan fingerprint density at radius 1 is 1.23 bits per heavy atom. The first-order valence-electron chi connectivity index (χ1n) is 7.14. The van der Waals surface area contributed by atoms with Crippen LogP contribution < -0.4 is 0 Å². The van der Waals surface area contributed by atoms with Gasteiger partial charge in [-0.2, -0.15) is 0 Å². The van der Waals surface area contributed by atoms with Crippen LogP contribution in [-0.4, -0.2) is 23.7 Å². The van der Waals surface area contributed by atoms with Crippen LogP contribution in [0.2, 0.25) is 0 Å². The second-order valence-corrected chi connectivity index (χ2v) is 5.87. The van der Waals surface area contributed by atoms with Crippen molar-refractivity contribution in [1.82, 2.24) is 0 Å². The van der Waals surface area contributed by atoms with E-state index in [-0.39, 0.29) is 0 Å². The fourth-order valence-electron chi connectivity index (χ4n) is 1.87. The van der Waals surface area contributed by atoms with E-state index in [1.165, 1.54) is 6.08 Å². The number of rotatable bonds is 5. The highest BCUT2D eigenvalue weighted by Gasteiger charge is 2.23. The smallest absolute Gasteiger partial charge is 0.332 e. The molecule has 22 heavy (non-hydrogen) atoms. The zero-order chi connectivity index (χ0) is 16.8. The summed E-state index contributed by atoms with van der Waals surface area (Å²) >= 11 is 0. The highest BCUT2D eigenvalue weighted by Crippen LogP contribution is 2.27. The maximum absolute atomic E-state index is 11.4. The Morgan fingerprint density at radius 2 is 1.86 bits per heavy atom. The minimum absolute atomic E-state index is 0.332. The largest absolute Gasteiger partial charge is 0.478 e. The molecule has 0 atom stereocenters. The third-order valence-corrected chi connectivity index (χ3v) is 2.96. The molecule has 0 spiro atoms. The fraction of sp³-hybridized carbons (Fsp3) is 0.333. The highest BCUT2D eigenvalue weighted by atomic mass is 16.5. The van der Waals surface area contributed by atoms with Gasteiger partial charge >= 0.3 is 11.9 Å². The Bertz CT molecular complexity index is 604. The van der Waals surface area contributed by atoms with E-state index in [2.05, 4.69) is 0 Å². The normalized spacial score (nSPS) is 12.5. The maximum atomic E-state index is 11.4. The Kier molecular flexibility index (Phi) is 6.11. The quantitative estimate of drug-likeness (QED) is 0.664. The van der Waals surface area contributed by atoms with E-state index in [9.17, 15) is 14.7 Å². The van der Waals surface area contributed by atoms with Crippen molar-refractivity contribution in [2.45, 2.75) is 27.7 Å². The van der Waals surface area contributed by atoms with E-state index >= 15 is 0 Å². The standard InChI is InChI=1S/C18H22O4/c1-5-22-16(19)10-9-13-7-6-8-14(11-13)12-15(17(20)21)18(2,3)4/h6-12H,5H2,1-4H3,(H,20,21). The van der Waals surface area contributed by atoms with Crippen LogP contribution in [0.15, 0.2) is 35.9 Å². The van der Waals surface area contributed by atoms with Crippen LogP contribution in [0, 0.1) is 5.41 Å². The number of ether oxygens (including phenoxy) is 1. The van der Waals surface area contributed by atoms with Crippen LogP contribution in [0.3, 0.4) is 0 Å². The monoisotopic (exact) mass is 302 g/mol. The number of hydrogen-bond donors (Lipinski definition) is 1. The Morgan fingerprint density at radius 3 is 2.41 bits per heavy atom. The average Bonchev–Trinajstić information content (AvgIpc) is 2.42. The summed E-state index contributed by atoms with van der Waals surface area (Å²) in [6.45, 7) is 7.66. The zero-order valence-corrected chi connectivity index (χ0v) is 13.4. The molecule has 0 aromatic heterocycles. The van der Waals surface area contributed by atoms with Crippen molar-refractivity contribution >= 4 is 24.1 Å². The summed E-state index contributed by atoms with van der Waals surface area (Å²) in [5.41, 5.74) is 1.46. The van der Waals surface area contributed by atoms with Crippen LogP contribution in [0.1, 0.15) is 38.8 Å². The summed E-state index contributed by atoms with van der Waals surface area (Å²) in [5.74, 6) is -1.33. The van der Waals surface area contributed by atoms with E-state index in [4.69, 9.17) is 4.74 Å². The summed E-state index contributed by atoms with van der Waals surface area (Å²) in [6, 6.07) is 7.31. The summed E-state index contributed by atoms with van der Waals surface area (Å²) in [6.07, 6.45) is 4.66. The number of carboxylic acids is 1. The first kappa shape index (κ1) is 17.7. The summed E-state index contributed by atoms with van der Waals surface area (Å²) in [5, 5.41) is 9.33. The Balaban J connectivity index is 3.06. The predicted octanol–water partition coefficient (Wildman–Crippen LogP) is 3.78. The lowest BCUT2D eigenvalue weighted by Gasteiger charge is -2.19. The SMILES string of the molecule is CCOC(=O)C=Cc1cccc(C=C(C(=O)O)C(C)(C)C)c1. The molecule has 0 unspecified atom stereocenters. The van der Waals surface area contributed by atoms with Crippen molar-refractivity contribution in [2.24, 2.45) is 5.41 Å². The molecule has 118 valence electrons. The zero-order valence-electron chi connectivity index (χ0n) is 13.4. The van der Waals surface area contributed by atoms with Gasteiger partial charge in [0.15, 0.2) is 0 Å². The number of carboxylic acid groups (broad SMARTS) is 1. The summed E-state index contributed by atoms with van der Waals surface area (Å²) in [4.78, 5) is 22.7. The van der Waals surface area contributed by atoms with Crippen LogP contribution >= 0.6 is 0 Å². The molecule has 0 aliphatic rings. The molecule has 0 radical (unpaired) electrons. The van der Waals surface area contributed by atoms with Crippen molar-refractivity contribution < 1.29 is 19.4 Å². The molecule has 4 heteroatoms. The van der Waals surface area contributed by atoms with Gasteiger partial charge in [-0.25, -0.2) is 9.59 Å². The van der Waals surface area contributed by atoms with E-state index in [1.807, 2.05) is 45.0 Å². The molecule has 1 aromatic rings. The molecule has 0 aliphatic heterocycles. The molecule has 0 aliphatic carbocycles. The lowest BCUT2D eigenvalue weighted by molar-refractivity contribution is -0.137. The second-order valence-electron chi connectivity index (χ2n) is 5.87. The molecular weight excluding hydrogens is 280 g/mol. The number of benzene rings is 1. The van der Waals surface area contributed by atoms with Gasteiger partial charge in [0.05, 0.1) is 6.61 Å². The lowest BCUT2D eigenvalue weighted by Crippen LogP contribution is -2.17. The van der Waals surface area contributed by atoms with Crippen LogP contribution in [0.25, 0.3) is 12.2 Å². The van der Waals surface area contributed by atoms with Crippen LogP contribution in [0.4, 0.5) is 0 Å². The van der Waals surface area contributed by atoms with Crippen molar-refractivity contribution in [1.29, 1.82) is 0 Å². The van der Waals surface area contributed by atoms with Crippen molar-refractivity contribution in [3.05, 3.63) is 47.0 Å². The highest BCUT2D eigenvalue weighted by molar-refractivity contribution is 5.93. The van der Waals surface area contributed by atoms with Gasteiger partial charge in [0.1, 0.15) is 0 Å². The number of hydrogen-bond acceptors (Lipinski definition) is 3. The third kappa shape index (κ3) is 5.56. The van der Waals surface area contributed by atoms with E-state index < -0.39 is 17.4 Å². The van der Waals surface area contributed by atoms with Gasteiger partial charge in [-0.3, -0.25) is 0 Å². The predicted molar refractivity (Wildman–Crippen MR) is 87.2 cm³/mol. The lowest BCUT2D eigenvalue weighted by atomic mass is 9.85. The Hall–Kier alpha value is -2.36. The molecule has 0 saturated carbocycles. The third-order valence-electron chi connectivity index (χ3n) is 2.96. The molecule has 0 heterocycles. The van der Waals surface area contributed by atoms with Gasteiger partial charge in [-0.1, -0.05) is 39.0 Å². The summed E-state index contributed by atoms with van der Waals surface area (Å²) in [7, 11) is 0. The van der Waals surface area contributed by atoms with Gasteiger partial charge in [0.2, 0.25) is 0 Å². The fourth-order valence-corrected chi connectivity index (χ4v) is 1.87. The topological polar surface area (TPSA) is 63.6 Å². The molecule has 0 bridgehead atoms. The number of carbonyl (C=O) groups excluding carboxylic acids is 1. The van der Waals surface area contributed by atoms with Gasteiger partial charge in [0, 0.05) is 11.6 Å². The van der Waals surface area contributed by atoms with Gasteiger partial charge in [-0.15, -0.1) is 0 Å². The van der Waals surface area contributed by atoms with Crippen LogP contribution in [-0.2, 0) is 14.3 Å². The Labute approximate surface area is 131 Å². The van der Waals surface area contributed by atoms with E-state index in [0.29, 0.717) is 12.2 Å². The summed E-state index contributed by atoms with van der Waals surface area (Å²) < 4.78 is 4.82. The second kappa shape index (κ2) is 7.59. The molecular formula is C18H22O4.